The van der Waals surface area contributed by atoms with Gasteiger partial charge in [0.15, 0.2) is 0 Å². The number of hydrogen-bond acceptors (Lipinski definition) is 5. The Hall–Kier alpha value is -1.86. The molecular formula is C21H20N2O3S2. The van der Waals surface area contributed by atoms with Gasteiger partial charge in [0.2, 0.25) is 11.8 Å². The van der Waals surface area contributed by atoms with Gasteiger partial charge in [-0.2, -0.15) is 0 Å². The Balaban J connectivity index is 1.44. The van der Waals surface area contributed by atoms with Gasteiger partial charge in [-0.3, -0.25) is 19.3 Å². The summed E-state index contributed by atoms with van der Waals surface area (Å²) in [5.41, 5.74) is 0.521. The van der Waals surface area contributed by atoms with Crippen molar-refractivity contribution in [3.05, 3.63) is 44.9 Å². The average Bonchev–Trinajstić information content (AvgIpc) is 3.37. The van der Waals surface area contributed by atoms with Gasteiger partial charge in [0.1, 0.15) is 0 Å². The summed E-state index contributed by atoms with van der Waals surface area (Å²) in [6, 6.07) is 9.31. The van der Waals surface area contributed by atoms with Crippen molar-refractivity contribution in [1.29, 1.82) is 0 Å². The molecular weight excluding hydrogens is 392 g/mol. The predicted octanol–water partition coefficient (Wildman–Crippen LogP) is 3.26. The van der Waals surface area contributed by atoms with Crippen LogP contribution in [0.2, 0.25) is 0 Å². The Morgan fingerprint density at radius 3 is 2.43 bits per heavy atom. The number of imide groups is 1. The summed E-state index contributed by atoms with van der Waals surface area (Å²) in [7, 11) is 0. The highest BCUT2D eigenvalue weighted by Gasteiger charge is 2.70. The van der Waals surface area contributed by atoms with Gasteiger partial charge in [0.05, 0.1) is 22.5 Å². The quantitative estimate of drug-likeness (QED) is 0.730. The van der Waals surface area contributed by atoms with E-state index in [1.165, 1.54) is 16.2 Å². The normalized spacial score (nSPS) is 37.1. The fourth-order valence-electron chi connectivity index (χ4n) is 6.49. The van der Waals surface area contributed by atoms with E-state index in [2.05, 4.69) is 18.8 Å². The highest BCUT2D eigenvalue weighted by molar-refractivity contribution is 8.00. The molecule has 2 aromatic rings. The third-order valence-corrected chi connectivity index (χ3v) is 10.2. The number of aromatic nitrogens is 1. The van der Waals surface area contributed by atoms with Crippen molar-refractivity contribution < 1.29 is 9.59 Å². The Labute approximate surface area is 170 Å². The molecule has 2 bridgehead atoms. The van der Waals surface area contributed by atoms with Crippen LogP contribution >= 0.6 is 23.1 Å². The number of aromatic amines is 1. The van der Waals surface area contributed by atoms with Crippen molar-refractivity contribution in [2.75, 3.05) is 4.90 Å². The van der Waals surface area contributed by atoms with Gasteiger partial charge < -0.3 is 4.98 Å². The number of anilines is 1. The molecule has 4 unspecified atom stereocenters. The molecule has 0 spiro atoms. The SMILES string of the molecule is CC1(C)c2sc(=O)[nH]c2SC2C1[C@H]1C[C@@H]2C2C(=O)N(c3ccccc3)C(=O)C21. The number of carbonyl (C=O) groups excluding carboxylic acids is 2. The van der Waals surface area contributed by atoms with E-state index in [0.717, 1.165) is 16.3 Å². The van der Waals surface area contributed by atoms with E-state index in [-0.39, 0.29) is 51.0 Å². The van der Waals surface area contributed by atoms with Gasteiger partial charge >= 0.3 is 4.87 Å². The summed E-state index contributed by atoms with van der Waals surface area (Å²) in [5.74, 6) is 0.237. The summed E-state index contributed by atoms with van der Waals surface area (Å²) in [6.45, 7) is 4.41. The lowest BCUT2D eigenvalue weighted by atomic mass is 9.64. The minimum Gasteiger partial charge on any atom is -0.307 e. The van der Waals surface area contributed by atoms with Gasteiger partial charge in [-0.25, -0.2) is 0 Å². The monoisotopic (exact) mass is 412 g/mol. The smallest absolute Gasteiger partial charge is 0.305 e. The van der Waals surface area contributed by atoms with Crippen LogP contribution in [-0.2, 0) is 15.0 Å². The van der Waals surface area contributed by atoms with E-state index in [1.807, 2.05) is 30.3 Å². The van der Waals surface area contributed by atoms with Crippen molar-refractivity contribution >= 4 is 40.6 Å². The van der Waals surface area contributed by atoms with Crippen LogP contribution < -0.4 is 9.77 Å². The zero-order chi connectivity index (χ0) is 19.4. The predicted molar refractivity (Wildman–Crippen MR) is 109 cm³/mol. The van der Waals surface area contributed by atoms with Crippen LogP contribution in [-0.4, -0.2) is 22.0 Å². The second-order valence-electron chi connectivity index (χ2n) is 8.97. The number of nitrogens with zero attached hydrogens (tertiary/aromatic N) is 1. The third kappa shape index (κ3) is 1.92. The molecule has 2 amide bonds. The van der Waals surface area contributed by atoms with Gasteiger partial charge in [-0.05, 0) is 36.3 Å². The fraction of sp³-hybridized carbons (Fsp3) is 0.476. The second-order valence-corrected chi connectivity index (χ2v) is 11.1. The number of rotatable bonds is 1. The Morgan fingerprint density at radius 2 is 1.71 bits per heavy atom. The average molecular weight is 413 g/mol. The zero-order valence-electron chi connectivity index (χ0n) is 15.5. The first-order valence-electron chi connectivity index (χ1n) is 9.72. The minimum absolute atomic E-state index is 0.0134. The molecule has 1 aromatic heterocycles. The maximum absolute atomic E-state index is 13.4. The number of benzene rings is 1. The molecule has 6 rings (SSSR count). The number of thioether (sulfide) groups is 1. The molecule has 5 nitrogen and oxygen atoms in total. The topological polar surface area (TPSA) is 70.2 Å². The Kier molecular flexibility index (Phi) is 3.28. The lowest BCUT2D eigenvalue weighted by molar-refractivity contribution is -0.123. The molecule has 1 N–H and O–H groups in total. The number of H-pyrrole nitrogens is 1. The van der Waals surface area contributed by atoms with Gasteiger partial charge in [0, 0.05) is 15.5 Å². The Bertz CT molecular complexity index is 1070. The molecule has 144 valence electrons. The molecule has 4 aliphatic rings. The molecule has 3 heterocycles. The number of nitrogens with one attached hydrogen (secondary N) is 1. The summed E-state index contributed by atoms with van der Waals surface area (Å²) in [5, 5.41) is 1.26. The van der Waals surface area contributed by atoms with Crippen molar-refractivity contribution in [3.63, 3.8) is 0 Å². The van der Waals surface area contributed by atoms with Gasteiger partial charge in [-0.1, -0.05) is 43.4 Å². The molecule has 7 heteroatoms. The lowest BCUT2D eigenvalue weighted by Crippen LogP contribution is -2.48. The van der Waals surface area contributed by atoms with Crippen LogP contribution in [0.1, 0.15) is 25.1 Å². The number of fused-ring (bicyclic) bond motifs is 9. The molecule has 1 aromatic carbocycles. The highest BCUT2D eigenvalue weighted by atomic mass is 32.2. The van der Waals surface area contributed by atoms with Gasteiger partial charge in [-0.15, -0.1) is 11.8 Å². The van der Waals surface area contributed by atoms with E-state index in [1.54, 1.807) is 11.8 Å². The van der Waals surface area contributed by atoms with Gasteiger partial charge in [0.25, 0.3) is 0 Å². The highest BCUT2D eigenvalue weighted by Crippen LogP contribution is 2.69. The molecule has 1 saturated heterocycles. The van der Waals surface area contributed by atoms with E-state index in [9.17, 15) is 14.4 Å². The first-order valence-corrected chi connectivity index (χ1v) is 11.4. The first-order chi connectivity index (χ1) is 13.4. The maximum Gasteiger partial charge on any atom is 0.305 e. The number of carbonyl (C=O) groups is 2. The molecule has 2 aliphatic carbocycles. The van der Waals surface area contributed by atoms with Crippen molar-refractivity contribution in [1.82, 2.24) is 4.98 Å². The largest absolute Gasteiger partial charge is 0.307 e. The molecule has 2 saturated carbocycles. The number of thiazole rings is 1. The summed E-state index contributed by atoms with van der Waals surface area (Å²) in [6.07, 6.45) is 0.945. The Morgan fingerprint density at radius 1 is 1.04 bits per heavy atom. The molecule has 0 radical (unpaired) electrons. The van der Waals surface area contributed by atoms with Crippen LogP contribution in [0.15, 0.2) is 40.2 Å². The van der Waals surface area contributed by atoms with Crippen LogP contribution in [0.4, 0.5) is 5.69 Å². The van der Waals surface area contributed by atoms with Crippen molar-refractivity contribution in [2.24, 2.45) is 29.6 Å². The fourth-order valence-corrected chi connectivity index (χ4v) is 9.64. The molecule has 2 aliphatic heterocycles. The summed E-state index contributed by atoms with van der Waals surface area (Å²) >= 11 is 3.04. The molecule has 6 atom stereocenters. The van der Waals surface area contributed by atoms with Crippen LogP contribution in [0, 0.1) is 29.6 Å². The number of amides is 2. The summed E-state index contributed by atoms with van der Waals surface area (Å²) < 4.78 is 0. The minimum atomic E-state index is -0.214. The van der Waals surface area contributed by atoms with E-state index in [4.69, 9.17) is 0 Å². The first kappa shape index (κ1) is 17.0. The van der Waals surface area contributed by atoms with Crippen molar-refractivity contribution in [2.45, 2.75) is 36.0 Å². The van der Waals surface area contributed by atoms with E-state index in [0.29, 0.717) is 11.6 Å². The standard InChI is InChI=1S/C21H20N2O3S2/c1-21(2)14-10-8-11(15(14)27-17-16(21)28-20(26)22-17)13-12(10)18(24)23(19(13)25)9-6-4-3-5-7-9/h3-7,10-15H,8H2,1-2H3,(H,22,26)/t10-,11+,12?,13?,14?,15?/m0/s1. The van der Waals surface area contributed by atoms with E-state index < -0.39 is 0 Å². The van der Waals surface area contributed by atoms with Crippen LogP contribution in [0.25, 0.3) is 0 Å². The zero-order valence-corrected chi connectivity index (χ0v) is 17.2. The third-order valence-electron chi connectivity index (χ3n) is 7.41. The van der Waals surface area contributed by atoms with Crippen LogP contribution in [0.5, 0.6) is 0 Å². The van der Waals surface area contributed by atoms with Crippen LogP contribution in [0.3, 0.4) is 0 Å². The van der Waals surface area contributed by atoms with Crippen molar-refractivity contribution in [3.8, 4) is 0 Å². The van der Waals surface area contributed by atoms with E-state index >= 15 is 0 Å². The maximum atomic E-state index is 13.4. The number of para-hydroxylation sites is 1. The summed E-state index contributed by atoms with van der Waals surface area (Å²) in [4.78, 5) is 44.2. The molecule has 3 fully saturated rings. The molecule has 28 heavy (non-hydrogen) atoms. The lowest BCUT2D eigenvalue weighted by Gasteiger charge is -2.47. The number of hydrogen-bond donors (Lipinski definition) is 1. The second kappa shape index (κ2) is 5.39.